The number of anilines is 2. The van der Waals surface area contributed by atoms with Gasteiger partial charge in [-0.2, -0.15) is 0 Å². The van der Waals surface area contributed by atoms with Crippen molar-refractivity contribution in [3.05, 3.63) is 83.4 Å². The van der Waals surface area contributed by atoms with E-state index in [1.54, 1.807) is 42.1 Å². The number of amides is 1. The quantitative estimate of drug-likeness (QED) is 0.440. The molecule has 0 aliphatic carbocycles. The number of carbonyl (C=O) groups is 1. The fraction of sp³-hybridized carbons (Fsp3) is 0.240. The number of hydrogen-bond acceptors (Lipinski definition) is 4. The molecular formula is C25H28N2O3S2. The predicted molar refractivity (Wildman–Crippen MR) is 133 cm³/mol. The van der Waals surface area contributed by atoms with Crippen LogP contribution in [0.4, 0.5) is 11.4 Å². The Morgan fingerprint density at radius 1 is 0.938 bits per heavy atom. The van der Waals surface area contributed by atoms with E-state index in [4.69, 9.17) is 0 Å². The highest BCUT2D eigenvalue weighted by atomic mass is 32.2. The van der Waals surface area contributed by atoms with Crippen LogP contribution in [0.5, 0.6) is 0 Å². The molecule has 0 radical (unpaired) electrons. The molecule has 0 bridgehead atoms. The normalized spacial score (nSPS) is 11.2. The van der Waals surface area contributed by atoms with Crippen LogP contribution in [0, 0.1) is 20.8 Å². The van der Waals surface area contributed by atoms with Crippen LogP contribution in [0.3, 0.4) is 0 Å². The third-order valence-corrected chi connectivity index (χ3v) is 7.72. The molecule has 168 valence electrons. The Morgan fingerprint density at radius 2 is 1.59 bits per heavy atom. The van der Waals surface area contributed by atoms with Crippen molar-refractivity contribution in [2.75, 3.05) is 21.9 Å². The van der Waals surface area contributed by atoms with Crippen LogP contribution >= 0.6 is 11.8 Å². The van der Waals surface area contributed by atoms with E-state index in [0.717, 1.165) is 27.3 Å². The summed E-state index contributed by atoms with van der Waals surface area (Å²) in [5.41, 5.74) is 3.83. The van der Waals surface area contributed by atoms with Crippen molar-refractivity contribution >= 4 is 39.1 Å². The van der Waals surface area contributed by atoms with Crippen LogP contribution in [-0.4, -0.2) is 26.6 Å². The van der Waals surface area contributed by atoms with Crippen molar-refractivity contribution in [2.45, 2.75) is 37.5 Å². The second kappa shape index (κ2) is 10.2. The highest BCUT2D eigenvalue weighted by Gasteiger charge is 2.28. The van der Waals surface area contributed by atoms with Gasteiger partial charge in [-0.1, -0.05) is 48.9 Å². The summed E-state index contributed by atoms with van der Waals surface area (Å²) in [5.74, 6) is 0.467. The van der Waals surface area contributed by atoms with E-state index >= 15 is 0 Å². The van der Waals surface area contributed by atoms with Crippen molar-refractivity contribution in [1.29, 1.82) is 0 Å². The monoisotopic (exact) mass is 468 g/mol. The minimum absolute atomic E-state index is 0.152. The maximum Gasteiger partial charge on any atom is 0.264 e. The highest BCUT2D eigenvalue weighted by molar-refractivity contribution is 7.99. The zero-order chi connectivity index (χ0) is 23.3. The average molecular weight is 469 g/mol. The number of thioether (sulfide) groups is 1. The van der Waals surface area contributed by atoms with E-state index in [0.29, 0.717) is 11.4 Å². The van der Waals surface area contributed by atoms with Gasteiger partial charge in [-0.05, 0) is 68.0 Å². The molecule has 7 heteroatoms. The maximum atomic E-state index is 13.6. The van der Waals surface area contributed by atoms with Gasteiger partial charge in [0.1, 0.15) is 6.54 Å². The molecule has 0 aliphatic rings. The summed E-state index contributed by atoms with van der Waals surface area (Å²) >= 11 is 1.62. The first-order valence-electron chi connectivity index (χ1n) is 10.4. The summed E-state index contributed by atoms with van der Waals surface area (Å²) in [6.45, 7) is 7.36. The number of carbonyl (C=O) groups excluding carboxylic acids is 1. The smallest absolute Gasteiger partial charge is 0.264 e. The molecule has 1 amide bonds. The van der Waals surface area contributed by atoms with E-state index in [9.17, 15) is 13.2 Å². The van der Waals surface area contributed by atoms with Gasteiger partial charge >= 0.3 is 0 Å². The molecule has 0 aromatic heterocycles. The third-order valence-electron chi connectivity index (χ3n) is 4.99. The highest BCUT2D eigenvalue weighted by Crippen LogP contribution is 2.29. The van der Waals surface area contributed by atoms with E-state index in [-0.39, 0.29) is 11.4 Å². The Hall–Kier alpha value is -2.77. The fourth-order valence-corrected chi connectivity index (χ4v) is 5.53. The minimum atomic E-state index is -3.95. The average Bonchev–Trinajstić information content (AvgIpc) is 2.76. The summed E-state index contributed by atoms with van der Waals surface area (Å²) in [6.07, 6.45) is 0. The molecule has 32 heavy (non-hydrogen) atoms. The number of nitrogens with zero attached hydrogens (tertiary/aromatic N) is 1. The van der Waals surface area contributed by atoms with Crippen LogP contribution in [0.15, 0.2) is 76.5 Å². The number of hydrogen-bond donors (Lipinski definition) is 1. The number of nitrogens with one attached hydrogen (secondary N) is 1. The van der Waals surface area contributed by atoms with Gasteiger partial charge < -0.3 is 5.32 Å². The topological polar surface area (TPSA) is 66.5 Å². The molecule has 0 heterocycles. The molecule has 3 rings (SSSR count). The van der Waals surface area contributed by atoms with Gasteiger partial charge in [0.2, 0.25) is 5.91 Å². The van der Waals surface area contributed by atoms with Gasteiger partial charge in [-0.15, -0.1) is 11.8 Å². The number of para-hydroxylation sites is 1. The molecule has 0 fully saturated rings. The first kappa shape index (κ1) is 23.9. The van der Waals surface area contributed by atoms with Gasteiger partial charge in [0.25, 0.3) is 10.0 Å². The molecular weight excluding hydrogens is 440 g/mol. The van der Waals surface area contributed by atoms with Crippen LogP contribution in [0.25, 0.3) is 0 Å². The van der Waals surface area contributed by atoms with Crippen LogP contribution < -0.4 is 9.62 Å². The Morgan fingerprint density at radius 3 is 2.28 bits per heavy atom. The summed E-state index contributed by atoms with van der Waals surface area (Å²) in [6, 6.07) is 19.8. The van der Waals surface area contributed by atoms with E-state index in [1.165, 1.54) is 4.31 Å². The molecule has 3 aromatic rings. The Labute approximate surface area is 194 Å². The molecule has 5 nitrogen and oxygen atoms in total. The van der Waals surface area contributed by atoms with Crippen molar-refractivity contribution in [1.82, 2.24) is 0 Å². The van der Waals surface area contributed by atoms with Crippen molar-refractivity contribution in [3.8, 4) is 0 Å². The number of sulfonamides is 1. The van der Waals surface area contributed by atoms with E-state index in [1.807, 2.05) is 64.1 Å². The van der Waals surface area contributed by atoms with Crippen molar-refractivity contribution in [3.63, 3.8) is 0 Å². The van der Waals surface area contributed by atoms with Gasteiger partial charge in [0.05, 0.1) is 16.3 Å². The Bertz CT molecular complexity index is 1210. The Kier molecular flexibility index (Phi) is 7.64. The lowest BCUT2D eigenvalue weighted by Crippen LogP contribution is -2.38. The standard InChI is InChI=1S/C25H28N2O3S2/c1-5-31-24-9-7-6-8-22(24)26-25(28)17-27(23-16-19(3)10-13-20(23)4)32(29,30)21-14-11-18(2)12-15-21/h6-16H,5,17H2,1-4H3,(H,26,28). The lowest BCUT2D eigenvalue weighted by molar-refractivity contribution is -0.114. The summed E-state index contributed by atoms with van der Waals surface area (Å²) in [5, 5.41) is 2.90. The zero-order valence-electron chi connectivity index (χ0n) is 18.8. The summed E-state index contributed by atoms with van der Waals surface area (Å²) in [4.78, 5) is 14.2. The molecule has 0 unspecified atom stereocenters. The minimum Gasteiger partial charge on any atom is -0.323 e. The van der Waals surface area contributed by atoms with Crippen molar-refractivity contribution in [2.24, 2.45) is 0 Å². The second-order valence-corrected chi connectivity index (χ2v) is 10.8. The molecule has 0 saturated carbocycles. The van der Waals surface area contributed by atoms with Gasteiger partial charge in [0, 0.05) is 4.90 Å². The zero-order valence-corrected chi connectivity index (χ0v) is 20.4. The molecule has 0 saturated heterocycles. The fourth-order valence-electron chi connectivity index (χ4n) is 3.30. The third kappa shape index (κ3) is 5.53. The largest absolute Gasteiger partial charge is 0.323 e. The van der Waals surface area contributed by atoms with Crippen LogP contribution in [0.1, 0.15) is 23.6 Å². The number of aryl methyl sites for hydroxylation is 3. The summed E-state index contributed by atoms with van der Waals surface area (Å²) < 4.78 is 28.4. The molecule has 1 N–H and O–H groups in total. The first-order valence-corrected chi connectivity index (χ1v) is 12.8. The SMILES string of the molecule is CCSc1ccccc1NC(=O)CN(c1cc(C)ccc1C)S(=O)(=O)c1ccc(C)cc1. The second-order valence-electron chi connectivity index (χ2n) is 7.59. The first-order chi connectivity index (χ1) is 15.2. The Balaban J connectivity index is 1.99. The molecule has 3 aromatic carbocycles. The van der Waals surface area contributed by atoms with E-state index < -0.39 is 15.9 Å². The number of rotatable bonds is 8. The predicted octanol–water partition coefficient (Wildman–Crippen LogP) is 5.56. The van der Waals surface area contributed by atoms with Crippen LogP contribution in [-0.2, 0) is 14.8 Å². The molecule has 0 atom stereocenters. The number of benzene rings is 3. The lowest BCUT2D eigenvalue weighted by Gasteiger charge is -2.26. The lowest BCUT2D eigenvalue weighted by atomic mass is 10.1. The molecule has 0 aliphatic heterocycles. The van der Waals surface area contributed by atoms with Gasteiger partial charge in [0.15, 0.2) is 0 Å². The van der Waals surface area contributed by atoms with E-state index in [2.05, 4.69) is 5.32 Å². The molecule has 0 spiro atoms. The summed E-state index contributed by atoms with van der Waals surface area (Å²) in [7, 11) is -3.95. The van der Waals surface area contributed by atoms with Gasteiger partial charge in [-0.3, -0.25) is 9.10 Å². The van der Waals surface area contributed by atoms with Gasteiger partial charge in [-0.25, -0.2) is 8.42 Å². The van der Waals surface area contributed by atoms with Crippen LogP contribution in [0.2, 0.25) is 0 Å². The maximum absolute atomic E-state index is 13.6. The van der Waals surface area contributed by atoms with Crippen molar-refractivity contribution < 1.29 is 13.2 Å².